The van der Waals surface area contributed by atoms with Gasteiger partial charge in [0.1, 0.15) is 0 Å². The molecule has 1 heterocycles. The van der Waals surface area contributed by atoms with Crippen molar-refractivity contribution in [1.82, 2.24) is 5.32 Å². The molecular formula is C16H16N2O7. The number of Topliss-reactive ketones (excluding diaryl/α,β-unsaturated/α-hetero) is 1. The summed E-state index contributed by atoms with van der Waals surface area (Å²) in [6.45, 7) is 0.608. The fraction of sp³-hybridized carbons (Fsp3) is 0.250. The van der Waals surface area contributed by atoms with Gasteiger partial charge in [0, 0.05) is 5.69 Å². The van der Waals surface area contributed by atoms with E-state index in [2.05, 4.69) is 10.1 Å². The van der Waals surface area contributed by atoms with Crippen molar-refractivity contribution in [2.45, 2.75) is 6.92 Å². The fourth-order valence-corrected chi connectivity index (χ4v) is 1.89. The second kappa shape index (κ2) is 8.48. The first-order valence-corrected chi connectivity index (χ1v) is 7.37. The summed E-state index contributed by atoms with van der Waals surface area (Å²) in [5.74, 6) is -2.53. The van der Waals surface area contributed by atoms with Crippen molar-refractivity contribution in [3.63, 3.8) is 0 Å². The topological polar surface area (TPSA) is 120 Å². The van der Waals surface area contributed by atoms with Gasteiger partial charge in [-0.3, -0.25) is 14.9 Å². The van der Waals surface area contributed by atoms with Crippen LogP contribution in [0.1, 0.15) is 6.92 Å². The number of hydrogen-bond donors (Lipinski definition) is 2. The monoisotopic (exact) mass is 348 g/mol. The Morgan fingerprint density at radius 1 is 1.16 bits per heavy atom. The van der Waals surface area contributed by atoms with Crippen LogP contribution in [0.25, 0.3) is 0 Å². The number of alkyl carbamates (subject to hydrolysis) is 1. The molecule has 0 aromatic heterocycles. The second-order valence-electron chi connectivity index (χ2n) is 4.75. The maximum atomic E-state index is 12.1. The Kier molecular flexibility index (Phi) is 6.10. The fourth-order valence-electron chi connectivity index (χ4n) is 1.89. The maximum absolute atomic E-state index is 12.1. The van der Waals surface area contributed by atoms with Gasteiger partial charge in [0.15, 0.2) is 18.8 Å². The Morgan fingerprint density at radius 3 is 2.56 bits per heavy atom. The third kappa shape index (κ3) is 5.06. The van der Waals surface area contributed by atoms with Crippen LogP contribution in [0.2, 0.25) is 0 Å². The molecule has 0 spiro atoms. The highest BCUT2D eigenvalue weighted by Crippen LogP contribution is 2.20. The molecule has 0 aliphatic carbocycles. The van der Waals surface area contributed by atoms with Crippen molar-refractivity contribution in [3.8, 4) is 0 Å². The highest BCUT2D eigenvalue weighted by molar-refractivity contribution is 6.20. The van der Waals surface area contributed by atoms with Crippen LogP contribution in [0.5, 0.6) is 0 Å². The summed E-state index contributed by atoms with van der Waals surface area (Å²) in [6.07, 6.45) is -0.950. The number of benzene rings is 1. The summed E-state index contributed by atoms with van der Waals surface area (Å²) >= 11 is 0. The molecule has 9 nitrogen and oxygen atoms in total. The van der Waals surface area contributed by atoms with Gasteiger partial charge in [0.05, 0.1) is 6.61 Å². The first-order valence-electron chi connectivity index (χ1n) is 7.37. The van der Waals surface area contributed by atoms with Crippen LogP contribution in [0, 0.1) is 0 Å². The van der Waals surface area contributed by atoms with Crippen molar-refractivity contribution in [3.05, 3.63) is 41.8 Å². The van der Waals surface area contributed by atoms with Gasteiger partial charge in [0.2, 0.25) is 11.7 Å². The van der Waals surface area contributed by atoms with Crippen LogP contribution in [-0.4, -0.2) is 43.6 Å². The normalized spacial score (nSPS) is 13.1. The Balaban J connectivity index is 1.98. The number of anilines is 1. The molecule has 2 rings (SSSR count). The van der Waals surface area contributed by atoms with E-state index in [0.29, 0.717) is 5.69 Å². The molecule has 132 valence electrons. The molecule has 9 heteroatoms. The smallest absolute Gasteiger partial charge is 0.413 e. The van der Waals surface area contributed by atoms with Crippen LogP contribution in [-0.2, 0) is 28.6 Å². The number of ether oxygens (including phenoxy) is 3. The van der Waals surface area contributed by atoms with Gasteiger partial charge >= 0.3 is 12.1 Å². The maximum Gasteiger partial charge on any atom is 0.413 e. The number of para-hydroxylation sites is 1. The summed E-state index contributed by atoms with van der Waals surface area (Å²) < 4.78 is 14.4. The van der Waals surface area contributed by atoms with E-state index in [1.165, 1.54) is 0 Å². The van der Waals surface area contributed by atoms with E-state index < -0.39 is 30.4 Å². The molecule has 0 radical (unpaired) electrons. The summed E-state index contributed by atoms with van der Waals surface area (Å²) in [7, 11) is 0. The van der Waals surface area contributed by atoms with Crippen LogP contribution in [0.4, 0.5) is 10.5 Å². The van der Waals surface area contributed by atoms with E-state index >= 15 is 0 Å². The highest BCUT2D eigenvalue weighted by atomic mass is 16.6. The van der Waals surface area contributed by atoms with E-state index in [1.54, 1.807) is 37.3 Å². The Morgan fingerprint density at radius 2 is 1.88 bits per heavy atom. The Bertz CT molecular complexity index is 712. The molecule has 2 amide bonds. The van der Waals surface area contributed by atoms with E-state index in [0.717, 1.165) is 0 Å². The minimum atomic E-state index is -1.03. The minimum Gasteiger partial charge on any atom is -0.470 e. The summed E-state index contributed by atoms with van der Waals surface area (Å²) in [5, 5.41) is 4.66. The molecule has 0 atom stereocenters. The zero-order valence-corrected chi connectivity index (χ0v) is 13.4. The summed E-state index contributed by atoms with van der Waals surface area (Å²) in [5.41, 5.74) is 0.283. The largest absolute Gasteiger partial charge is 0.470 e. The number of rotatable bonds is 6. The van der Waals surface area contributed by atoms with Gasteiger partial charge < -0.3 is 19.5 Å². The number of nitrogens with one attached hydrogen (secondary N) is 2. The molecule has 25 heavy (non-hydrogen) atoms. The van der Waals surface area contributed by atoms with E-state index in [9.17, 15) is 19.2 Å². The van der Waals surface area contributed by atoms with E-state index in [1.807, 2.05) is 5.32 Å². The van der Waals surface area contributed by atoms with Crippen molar-refractivity contribution in [2.75, 3.05) is 25.1 Å². The number of esters is 1. The van der Waals surface area contributed by atoms with Gasteiger partial charge in [-0.05, 0) is 19.1 Å². The zero-order valence-electron chi connectivity index (χ0n) is 13.4. The van der Waals surface area contributed by atoms with Gasteiger partial charge in [-0.2, -0.15) is 0 Å². The molecular weight excluding hydrogens is 332 g/mol. The van der Waals surface area contributed by atoms with Crippen LogP contribution >= 0.6 is 0 Å². The van der Waals surface area contributed by atoms with Crippen molar-refractivity contribution < 1.29 is 33.4 Å². The third-order valence-corrected chi connectivity index (χ3v) is 2.94. The lowest BCUT2D eigenvalue weighted by Gasteiger charge is -2.09. The molecule has 1 aromatic carbocycles. The number of carbonyl (C=O) groups is 4. The predicted molar refractivity (Wildman–Crippen MR) is 84.2 cm³/mol. The number of amides is 2. The lowest BCUT2D eigenvalue weighted by Crippen LogP contribution is -2.35. The van der Waals surface area contributed by atoms with Crippen molar-refractivity contribution in [1.29, 1.82) is 0 Å². The summed E-state index contributed by atoms with van der Waals surface area (Å²) in [6, 6.07) is 8.76. The van der Waals surface area contributed by atoms with Crippen LogP contribution in [0.3, 0.4) is 0 Å². The van der Waals surface area contributed by atoms with E-state index in [-0.39, 0.29) is 24.7 Å². The highest BCUT2D eigenvalue weighted by Gasteiger charge is 2.33. The molecule has 2 N–H and O–H groups in total. The molecule has 0 unspecified atom stereocenters. The number of imide groups is 1. The molecule has 0 saturated carbocycles. The average Bonchev–Trinajstić information content (AvgIpc) is 2.94. The van der Waals surface area contributed by atoms with Crippen LogP contribution in [0.15, 0.2) is 41.8 Å². The van der Waals surface area contributed by atoms with Gasteiger partial charge in [-0.25, -0.2) is 9.59 Å². The quantitative estimate of drug-likeness (QED) is 0.570. The Labute approximate surface area is 142 Å². The molecule has 0 bridgehead atoms. The van der Waals surface area contributed by atoms with Gasteiger partial charge in [0.25, 0.3) is 5.91 Å². The molecule has 0 fully saturated rings. The molecule has 1 aliphatic heterocycles. The minimum absolute atomic E-state index is 0.0491. The third-order valence-electron chi connectivity index (χ3n) is 2.94. The van der Waals surface area contributed by atoms with Crippen LogP contribution < -0.4 is 10.6 Å². The molecule has 0 saturated heterocycles. The summed E-state index contributed by atoms with van der Waals surface area (Å²) in [4.78, 5) is 46.4. The van der Waals surface area contributed by atoms with Crippen molar-refractivity contribution in [2.24, 2.45) is 0 Å². The lowest BCUT2D eigenvalue weighted by molar-refractivity contribution is -0.145. The zero-order chi connectivity index (χ0) is 18.2. The van der Waals surface area contributed by atoms with Gasteiger partial charge in [-0.1, -0.05) is 18.2 Å². The van der Waals surface area contributed by atoms with Gasteiger partial charge in [-0.15, -0.1) is 0 Å². The molecule has 1 aliphatic rings. The first kappa shape index (κ1) is 18.0. The predicted octanol–water partition coefficient (Wildman–Crippen LogP) is 0.725. The SMILES string of the molecule is CCOC(=O)NC(=O)COC(=O)C1=C(Nc2ccccc2)OCC1=O. The number of carbonyl (C=O) groups excluding carboxylic acids is 4. The number of hydrogen-bond acceptors (Lipinski definition) is 8. The lowest BCUT2D eigenvalue weighted by atomic mass is 10.2. The number of ketones is 1. The Hall–Kier alpha value is -3.36. The average molecular weight is 348 g/mol. The first-order chi connectivity index (χ1) is 12.0. The van der Waals surface area contributed by atoms with Crippen molar-refractivity contribution >= 4 is 29.4 Å². The molecule has 1 aromatic rings. The van der Waals surface area contributed by atoms with E-state index in [4.69, 9.17) is 9.47 Å². The standard InChI is InChI=1S/C16H16N2O7/c1-2-23-16(22)18-12(20)9-25-15(21)13-11(19)8-24-14(13)17-10-6-4-3-5-7-10/h3-7,17H,2,8-9H2,1H3,(H,18,20,22). The second-order valence-corrected chi connectivity index (χ2v) is 4.75.